The Morgan fingerprint density at radius 1 is 1.21 bits per heavy atom. The van der Waals surface area contributed by atoms with Gasteiger partial charge in [0.1, 0.15) is 5.75 Å². The van der Waals surface area contributed by atoms with Gasteiger partial charge in [-0.3, -0.25) is 9.59 Å². The minimum atomic E-state index is -0.221. The molecule has 0 aromatic heterocycles. The second-order valence-electron chi connectivity index (χ2n) is 5.85. The van der Waals surface area contributed by atoms with Crippen LogP contribution in [0.1, 0.15) is 18.4 Å². The van der Waals surface area contributed by atoms with Crippen molar-refractivity contribution in [1.82, 2.24) is 0 Å². The van der Waals surface area contributed by atoms with Crippen LogP contribution in [-0.2, 0) is 9.59 Å². The summed E-state index contributed by atoms with van der Waals surface area (Å²) in [7, 11) is 0. The van der Waals surface area contributed by atoms with Gasteiger partial charge in [-0.1, -0.05) is 23.8 Å². The average Bonchev–Trinajstić information content (AvgIpc) is 3.01. The molecule has 1 saturated heterocycles. The van der Waals surface area contributed by atoms with E-state index in [-0.39, 0.29) is 18.4 Å². The van der Waals surface area contributed by atoms with Gasteiger partial charge in [0.25, 0.3) is 5.91 Å². The van der Waals surface area contributed by atoms with E-state index in [1.807, 2.05) is 43.3 Å². The van der Waals surface area contributed by atoms with E-state index in [1.165, 1.54) is 0 Å². The first-order valence-electron chi connectivity index (χ1n) is 8.01. The molecule has 5 heteroatoms. The third-order valence-corrected chi connectivity index (χ3v) is 3.91. The molecule has 2 aromatic rings. The lowest BCUT2D eigenvalue weighted by Crippen LogP contribution is -2.24. The number of amides is 2. The maximum atomic E-state index is 12.0. The molecule has 5 nitrogen and oxygen atoms in total. The molecule has 1 aliphatic heterocycles. The largest absolute Gasteiger partial charge is 0.484 e. The molecule has 0 spiro atoms. The Hall–Kier alpha value is -2.82. The highest BCUT2D eigenvalue weighted by Gasteiger charge is 2.21. The van der Waals surface area contributed by atoms with E-state index in [9.17, 15) is 9.59 Å². The summed E-state index contributed by atoms with van der Waals surface area (Å²) < 4.78 is 5.55. The molecule has 0 radical (unpaired) electrons. The zero-order valence-electron chi connectivity index (χ0n) is 13.6. The SMILES string of the molecule is Cc1ccc(NC(=O)COc2cccc(N3CCCC3=O)c2)cc1. The summed E-state index contributed by atoms with van der Waals surface area (Å²) in [6, 6.07) is 14.9. The van der Waals surface area contributed by atoms with Crippen molar-refractivity contribution < 1.29 is 14.3 Å². The number of carbonyl (C=O) groups excluding carboxylic acids is 2. The Balaban J connectivity index is 1.57. The molecule has 0 aliphatic carbocycles. The van der Waals surface area contributed by atoms with Crippen molar-refractivity contribution in [3.05, 3.63) is 54.1 Å². The first-order chi connectivity index (χ1) is 11.6. The Bertz CT molecular complexity index is 741. The van der Waals surface area contributed by atoms with E-state index in [1.54, 1.807) is 17.0 Å². The predicted octanol–water partition coefficient (Wildman–Crippen LogP) is 3.14. The normalized spacial score (nSPS) is 13.9. The maximum Gasteiger partial charge on any atom is 0.262 e. The van der Waals surface area contributed by atoms with Gasteiger partial charge < -0.3 is 15.0 Å². The number of ether oxygens (including phenoxy) is 1. The van der Waals surface area contributed by atoms with Crippen molar-refractivity contribution in [2.24, 2.45) is 0 Å². The first-order valence-corrected chi connectivity index (χ1v) is 8.01. The Morgan fingerprint density at radius 2 is 2.00 bits per heavy atom. The zero-order valence-corrected chi connectivity index (χ0v) is 13.6. The number of nitrogens with one attached hydrogen (secondary N) is 1. The standard InChI is InChI=1S/C19H20N2O3/c1-14-7-9-15(10-8-14)20-18(22)13-24-17-5-2-4-16(12-17)21-11-3-6-19(21)23/h2,4-5,7-10,12H,3,6,11,13H2,1H3,(H,20,22). The van der Waals surface area contributed by atoms with Gasteiger partial charge in [-0.05, 0) is 37.6 Å². The van der Waals surface area contributed by atoms with E-state index >= 15 is 0 Å². The van der Waals surface area contributed by atoms with Gasteiger partial charge in [0.2, 0.25) is 5.91 Å². The van der Waals surface area contributed by atoms with Crippen LogP contribution < -0.4 is 15.0 Å². The second kappa shape index (κ2) is 7.17. The summed E-state index contributed by atoms with van der Waals surface area (Å²) in [5.41, 5.74) is 2.69. The van der Waals surface area contributed by atoms with Crippen LogP contribution in [0.2, 0.25) is 0 Å². The zero-order chi connectivity index (χ0) is 16.9. The second-order valence-corrected chi connectivity index (χ2v) is 5.85. The molecule has 24 heavy (non-hydrogen) atoms. The van der Waals surface area contributed by atoms with E-state index in [2.05, 4.69) is 5.32 Å². The molecule has 3 rings (SSSR count). The Morgan fingerprint density at radius 3 is 2.71 bits per heavy atom. The van der Waals surface area contributed by atoms with Gasteiger partial charge in [-0.2, -0.15) is 0 Å². The third kappa shape index (κ3) is 3.93. The number of nitrogens with zero attached hydrogens (tertiary/aromatic N) is 1. The van der Waals surface area contributed by atoms with Gasteiger partial charge in [0.05, 0.1) is 0 Å². The lowest BCUT2D eigenvalue weighted by atomic mass is 10.2. The van der Waals surface area contributed by atoms with Gasteiger partial charge in [-0.15, -0.1) is 0 Å². The van der Waals surface area contributed by atoms with Crippen LogP contribution in [0, 0.1) is 6.92 Å². The van der Waals surface area contributed by atoms with E-state index in [0.717, 1.165) is 29.9 Å². The van der Waals surface area contributed by atoms with Crippen LogP contribution >= 0.6 is 0 Å². The summed E-state index contributed by atoms with van der Waals surface area (Å²) in [6.45, 7) is 2.65. The number of anilines is 2. The highest BCUT2D eigenvalue weighted by atomic mass is 16.5. The van der Waals surface area contributed by atoms with Crippen molar-refractivity contribution >= 4 is 23.2 Å². The molecule has 1 heterocycles. The number of hydrogen-bond donors (Lipinski definition) is 1. The fourth-order valence-electron chi connectivity index (χ4n) is 2.65. The van der Waals surface area contributed by atoms with Crippen molar-refractivity contribution in [2.45, 2.75) is 19.8 Å². The van der Waals surface area contributed by atoms with Crippen LogP contribution in [0.25, 0.3) is 0 Å². The van der Waals surface area contributed by atoms with E-state index in [0.29, 0.717) is 12.2 Å². The summed E-state index contributed by atoms with van der Waals surface area (Å²) in [6.07, 6.45) is 1.47. The van der Waals surface area contributed by atoms with E-state index in [4.69, 9.17) is 4.74 Å². The fraction of sp³-hybridized carbons (Fsp3) is 0.263. The summed E-state index contributed by atoms with van der Waals surface area (Å²) in [4.78, 5) is 25.5. The molecule has 0 unspecified atom stereocenters. The van der Waals surface area contributed by atoms with Crippen LogP contribution in [0.5, 0.6) is 5.75 Å². The molecule has 0 bridgehead atoms. The summed E-state index contributed by atoms with van der Waals surface area (Å²) >= 11 is 0. The third-order valence-electron chi connectivity index (χ3n) is 3.91. The smallest absolute Gasteiger partial charge is 0.262 e. The molecule has 0 saturated carbocycles. The Labute approximate surface area is 141 Å². The van der Waals surface area contributed by atoms with Crippen LogP contribution in [0.4, 0.5) is 11.4 Å². The van der Waals surface area contributed by atoms with Crippen LogP contribution in [-0.4, -0.2) is 25.0 Å². The minimum absolute atomic E-state index is 0.0781. The van der Waals surface area contributed by atoms with Gasteiger partial charge in [0, 0.05) is 30.4 Å². The minimum Gasteiger partial charge on any atom is -0.484 e. The fourth-order valence-corrected chi connectivity index (χ4v) is 2.65. The molecular weight excluding hydrogens is 304 g/mol. The average molecular weight is 324 g/mol. The number of aryl methyl sites for hydroxylation is 1. The van der Waals surface area contributed by atoms with Crippen molar-refractivity contribution in [3.63, 3.8) is 0 Å². The van der Waals surface area contributed by atoms with Crippen molar-refractivity contribution in [3.8, 4) is 5.75 Å². The van der Waals surface area contributed by atoms with Gasteiger partial charge in [0.15, 0.2) is 6.61 Å². The monoisotopic (exact) mass is 324 g/mol. The molecule has 2 amide bonds. The van der Waals surface area contributed by atoms with Gasteiger partial charge in [-0.25, -0.2) is 0 Å². The number of carbonyl (C=O) groups is 2. The topological polar surface area (TPSA) is 58.6 Å². The number of rotatable bonds is 5. The maximum absolute atomic E-state index is 12.0. The molecule has 2 aromatic carbocycles. The molecule has 0 atom stereocenters. The Kier molecular flexibility index (Phi) is 4.79. The molecular formula is C19H20N2O3. The van der Waals surface area contributed by atoms with E-state index < -0.39 is 0 Å². The molecule has 1 aliphatic rings. The van der Waals surface area contributed by atoms with Crippen LogP contribution in [0.3, 0.4) is 0 Å². The highest BCUT2D eigenvalue weighted by Crippen LogP contribution is 2.25. The van der Waals surface area contributed by atoms with Crippen molar-refractivity contribution in [1.29, 1.82) is 0 Å². The number of hydrogen-bond acceptors (Lipinski definition) is 3. The summed E-state index contributed by atoms with van der Waals surface area (Å²) in [5, 5.41) is 2.79. The first kappa shape index (κ1) is 16.1. The predicted molar refractivity (Wildman–Crippen MR) is 93.3 cm³/mol. The molecule has 124 valence electrons. The quantitative estimate of drug-likeness (QED) is 0.919. The number of benzene rings is 2. The lowest BCUT2D eigenvalue weighted by molar-refractivity contribution is -0.118. The van der Waals surface area contributed by atoms with Gasteiger partial charge >= 0.3 is 0 Å². The molecule has 1 N–H and O–H groups in total. The lowest BCUT2D eigenvalue weighted by Gasteiger charge is -2.16. The molecule has 1 fully saturated rings. The van der Waals surface area contributed by atoms with Crippen LogP contribution in [0.15, 0.2) is 48.5 Å². The summed E-state index contributed by atoms with van der Waals surface area (Å²) in [5.74, 6) is 0.483. The highest BCUT2D eigenvalue weighted by molar-refractivity contribution is 5.95. The van der Waals surface area contributed by atoms with Crippen molar-refractivity contribution in [2.75, 3.05) is 23.4 Å².